The van der Waals surface area contributed by atoms with Crippen LogP contribution in [0.5, 0.6) is 5.75 Å². The lowest BCUT2D eigenvalue weighted by Crippen LogP contribution is -2.27. The zero-order valence-corrected chi connectivity index (χ0v) is 11.3. The van der Waals surface area contributed by atoms with Gasteiger partial charge in [-0.05, 0) is 17.7 Å². The average Bonchev–Trinajstić information content (AvgIpc) is 2.53. The van der Waals surface area contributed by atoms with Crippen molar-refractivity contribution in [3.63, 3.8) is 0 Å². The Bertz CT molecular complexity index is 650. The number of carbonyl (C=O) groups excluding carboxylic acids is 1. The maximum atomic E-state index is 12.1. The Balaban J connectivity index is 2.04. The second kappa shape index (κ2) is 7.08. The molecule has 0 heterocycles. The molecule has 1 amide bonds. The highest BCUT2D eigenvalue weighted by molar-refractivity contribution is 5.95. The summed E-state index contributed by atoms with van der Waals surface area (Å²) in [4.78, 5) is 12.1. The Hall–Kier alpha value is -2.84. The first-order valence-corrected chi connectivity index (χ1v) is 6.42. The molecule has 2 rings (SSSR count). The van der Waals surface area contributed by atoms with Gasteiger partial charge in [-0.3, -0.25) is 4.79 Å². The maximum absolute atomic E-state index is 12.1. The van der Waals surface area contributed by atoms with Crippen LogP contribution in [0.15, 0.2) is 54.6 Å². The van der Waals surface area contributed by atoms with E-state index in [0.717, 1.165) is 5.56 Å². The molecule has 5 heteroatoms. The van der Waals surface area contributed by atoms with Crippen LogP contribution in [-0.2, 0) is 4.79 Å². The molecule has 0 aliphatic carbocycles. The van der Waals surface area contributed by atoms with Crippen LogP contribution in [0.25, 0.3) is 0 Å². The number of ether oxygens (including phenoxy) is 1. The van der Waals surface area contributed by atoms with E-state index < -0.39 is 6.04 Å². The number of nitrogens with one attached hydrogen (secondary N) is 1. The molecule has 1 unspecified atom stereocenters. The van der Waals surface area contributed by atoms with Gasteiger partial charge in [0.1, 0.15) is 17.9 Å². The monoisotopic (exact) mass is 281 g/mol. The van der Waals surface area contributed by atoms with Crippen LogP contribution in [0.4, 0.5) is 5.69 Å². The number of nitriles is 1. The van der Waals surface area contributed by atoms with E-state index >= 15 is 0 Å². The van der Waals surface area contributed by atoms with Gasteiger partial charge in [-0.15, -0.1) is 0 Å². The molecule has 0 saturated heterocycles. The molecule has 0 bridgehead atoms. The maximum Gasteiger partial charge on any atom is 0.245 e. The summed E-state index contributed by atoms with van der Waals surface area (Å²) in [5.74, 6) is 0.210. The molecule has 5 nitrogen and oxygen atoms in total. The van der Waals surface area contributed by atoms with Crippen molar-refractivity contribution in [3.8, 4) is 11.8 Å². The van der Waals surface area contributed by atoms with E-state index in [9.17, 15) is 4.79 Å². The van der Waals surface area contributed by atoms with Crippen molar-refractivity contribution in [2.24, 2.45) is 5.73 Å². The Morgan fingerprint density at radius 2 is 2.00 bits per heavy atom. The van der Waals surface area contributed by atoms with Crippen molar-refractivity contribution in [2.45, 2.75) is 6.04 Å². The summed E-state index contributed by atoms with van der Waals surface area (Å²) < 4.78 is 5.18. The third-order valence-electron chi connectivity index (χ3n) is 2.85. The van der Waals surface area contributed by atoms with Gasteiger partial charge in [0, 0.05) is 11.8 Å². The largest absolute Gasteiger partial charge is 0.479 e. The number of hydrogen-bond acceptors (Lipinski definition) is 4. The molecule has 21 heavy (non-hydrogen) atoms. The van der Waals surface area contributed by atoms with E-state index in [-0.39, 0.29) is 12.5 Å². The lowest BCUT2D eigenvalue weighted by atomic mass is 10.1. The zero-order valence-electron chi connectivity index (χ0n) is 11.3. The van der Waals surface area contributed by atoms with Crippen LogP contribution in [-0.4, -0.2) is 12.5 Å². The molecule has 0 aliphatic heterocycles. The standard InChI is InChI=1S/C16H15N3O2/c17-9-10-21-14-8-4-7-13(11-14)19-16(20)15(18)12-5-2-1-3-6-12/h1-8,11,15H,10,18H2,(H,19,20). The fraction of sp³-hybridized carbons (Fsp3) is 0.125. The van der Waals surface area contributed by atoms with Crippen LogP contribution in [0.2, 0.25) is 0 Å². The van der Waals surface area contributed by atoms with E-state index in [1.54, 1.807) is 36.4 Å². The SMILES string of the molecule is N#CCOc1cccc(NC(=O)C(N)c2ccccc2)c1. The highest BCUT2D eigenvalue weighted by Crippen LogP contribution is 2.19. The van der Waals surface area contributed by atoms with Gasteiger partial charge in [0.2, 0.25) is 5.91 Å². The number of nitrogens with zero attached hydrogens (tertiary/aromatic N) is 1. The van der Waals surface area contributed by atoms with Crippen LogP contribution >= 0.6 is 0 Å². The summed E-state index contributed by atoms with van der Waals surface area (Å²) >= 11 is 0. The summed E-state index contributed by atoms with van der Waals surface area (Å²) in [6.07, 6.45) is 0. The fourth-order valence-corrected chi connectivity index (χ4v) is 1.81. The molecule has 106 valence electrons. The minimum atomic E-state index is -0.741. The van der Waals surface area contributed by atoms with Gasteiger partial charge in [0.05, 0.1) is 0 Å². The van der Waals surface area contributed by atoms with Gasteiger partial charge >= 0.3 is 0 Å². The van der Waals surface area contributed by atoms with Crippen LogP contribution in [0.3, 0.4) is 0 Å². The van der Waals surface area contributed by atoms with Gasteiger partial charge in [-0.1, -0.05) is 36.4 Å². The smallest absolute Gasteiger partial charge is 0.245 e. The average molecular weight is 281 g/mol. The van der Waals surface area contributed by atoms with E-state index in [2.05, 4.69) is 5.32 Å². The van der Waals surface area contributed by atoms with Crippen LogP contribution in [0, 0.1) is 11.3 Å². The van der Waals surface area contributed by atoms with E-state index in [0.29, 0.717) is 11.4 Å². The van der Waals surface area contributed by atoms with Crippen molar-refractivity contribution in [1.82, 2.24) is 0 Å². The topological polar surface area (TPSA) is 88.1 Å². The first kappa shape index (κ1) is 14.6. The lowest BCUT2D eigenvalue weighted by molar-refractivity contribution is -0.117. The number of hydrogen-bond donors (Lipinski definition) is 2. The highest BCUT2D eigenvalue weighted by atomic mass is 16.5. The summed E-state index contributed by atoms with van der Waals surface area (Å²) in [5, 5.41) is 11.2. The fourth-order valence-electron chi connectivity index (χ4n) is 1.81. The molecule has 0 fully saturated rings. The predicted molar refractivity (Wildman–Crippen MR) is 79.6 cm³/mol. The zero-order chi connectivity index (χ0) is 15.1. The number of anilines is 1. The minimum Gasteiger partial charge on any atom is -0.479 e. The molecule has 3 N–H and O–H groups in total. The predicted octanol–water partition coefficient (Wildman–Crippen LogP) is 2.23. The van der Waals surface area contributed by atoms with Gasteiger partial charge < -0.3 is 15.8 Å². The molecular formula is C16H15N3O2. The quantitative estimate of drug-likeness (QED) is 0.879. The Morgan fingerprint density at radius 3 is 2.71 bits per heavy atom. The highest BCUT2D eigenvalue weighted by Gasteiger charge is 2.15. The molecule has 1 atom stereocenters. The van der Waals surface area contributed by atoms with Crippen molar-refractivity contribution >= 4 is 11.6 Å². The van der Waals surface area contributed by atoms with E-state index in [1.165, 1.54) is 0 Å². The third-order valence-corrected chi connectivity index (χ3v) is 2.85. The second-order valence-electron chi connectivity index (χ2n) is 4.35. The molecule has 0 radical (unpaired) electrons. The second-order valence-corrected chi connectivity index (χ2v) is 4.35. The van der Waals surface area contributed by atoms with Gasteiger partial charge in [-0.2, -0.15) is 5.26 Å². The van der Waals surface area contributed by atoms with Crippen molar-refractivity contribution in [2.75, 3.05) is 11.9 Å². The van der Waals surface area contributed by atoms with Gasteiger partial charge in [0.15, 0.2) is 6.61 Å². The summed E-state index contributed by atoms with van der Waals surface area (Å²) in [6.45, 7) is -0.0407. The molecule has 0 aromatic heterocycles. The Labute approximate surface area is 123 Å². The first-order valence-electron chi connectivity index (χ1n) is 6.42. The number of nitrogens with two attached hydrogens (primary N) is 1. The van der Waals surface area contributed by atoms with Crippen LogP contribution < -0.4 is 15.8 Å². The lowest BCUT2D eigenvalue weighted by Gasteiger charge is -2.13. The molecule has 0 aliphatic rings. The third kappa shape index (κ3) is 4.06. The Kier molecular flexibility index (Phi) is 4.91. The van der Waals surface area contributed by atoms with Crippen molar-refractivity contribution in [3.05, 3.63) is 60.2 Å². The molecule has 0 spiro atoms. The summed E-state index contributed by atoms with van der Waals surface area (Å²) in [7, 11) is 0. The normalized spacial score (nSPS) is 11.2. The Morgan fingerprint density at radius 1 is 1.24 bits per heavy atom. The number of amides is 1. The molecule has 0 saturated carbocycles. The number of benzene rings is 2. The van der Waals surface area contributed by atoms with E-state index in [1.807, 2.05) is 24.3 Å². The van der Waals surface area contributed by atoms with Crippen molar-refractivity contribution in [1.29, 1.82) is 5.26 Å². The number of rotatable bonds is 5. The van der Waals surface area contributed by atoms with E-state index in [4.69, 9.17) is 15.7 Å². The molecule has 2 aromatic carbocycles. The summed E-state index contributed by atoms with van der Waals surface area (Å²) in [6, 6.07) is 17.1. The summed E-state index contributed by atoms with van der Waals surface area (Å²) in [5.41, 5.74) is 7.23. The first-order chi connectivity index (χ1) is 10.2. The van der Waals surface area contributed by atoms with Crippen LogP contribution in [0.1, 0.15) is 11.6 Å². The van der Waals surface area contributed by atoms with Gasteiger partial charge in [-0.25, -0.2) is 0 Å². The minimum absolute atomic E-state index is 0.0407. The van der Waals surface area contributed by atoms with Gasteiger partial charge in [0.25, 0.3) is 0 Å². The molecular weight excluding hydrogens is 266 g/mol. The van der Waals surface area contributed by atoms with Crippen molar-refractivity contribution < 1.29 is 9.53 Å². The molecule has 2 aromatic rings. The number of carbonyl (C=O) groups is 1.